The minimum atomic E-state index is -3.43. The smallest absolute Gasteiger partial charge is 0.273 e. The Morgan fingerprint density at radius 2 is 2.05 bits per heavy atom. The summed E-state index contributed by atoms with van der Waals surface area (Å²) in [4.78, 5) is 1.04. The Morgan fingerprint density at radius 1 is 1.24 bits per heavy atom. The summed E-state index contributed by atoms with van der Waals surface area (Å²) in [5.41, 5.74) is 1.92. The van der Waals surface area contributed by atoms with Crippen molar-refractivity contribution in [3.8, 4) is 0 Å². The molecule has 1 aromatic heterocycles. The van der Waals surface area contributed by atoms with Gasteiger partial charge in [0.15, 0.2) is 0 Å². The van der Waals surface area contributed by atoms with Gasteiger partial charge in [-0.1, -0.05) is 25.1 Å². The first kappa shape index (κ1) is 14.6. The van der Waals surface area contributed by atoms with Gasteiger partial charge in [-0.15, -0.1) is 11.3 Å². The zero-order chi connectivity index (χ0) is 14.9. The maximum absolute atomic E-state index is 12.8. The number of fused-ring (bicyclic) bond motifs is 1. The Hall–Kier alpha value is -1.37. The lowest BCUT2D eigenvalue weighted by molar-refractivity contribution is 0.594. The van der Waals surface area contributed by atoms with Crippen LogP contribution in [0.4, 0.5) is 5.69 Å². The number of para-hydroxylation sites is 1. The van der Waals surface area contributed by atoms with E-state index in [0.29, 0.717) is 17.3 Å². The molecule has 0 saturated heterocycles. The van der Waals surface area contributed by atoms with Crippen LogP contribution in [-0.4, -0.2) is 21.5 Å². The molecule has 0 saturated carbocycles. The molecule has 6 heteroatoms. The standard InChI is InChI=1S/C15H18N2O2S2/c1-2-16-11-13-7-8-15(20-13)21(18,19)17-10-9-12-5-3-4-6-14(12)17/h3-8,16H,2,9-11H2,1H3. The fourth-order valence-electron chi connectivity index (χ4n) is 2.51. The number of sulfonamides is 1. The van der Waals surface area contributed by atoms with Crippen LogP contribution in [0.5, 0.6) is 0 Å². The van der Waals surface area contributed by atoms with Gasteiger partial charge in [0, 0.05) is 18.0 Å². The van der Waals surface area contributed by atoms with Crippen LogP contribution in [0.1, 0.15) is 17.4 Å². The van der Waals surface area contributed by atoms with Gasteiger partial charge in [-0.3, -0.25) is 4.31 Å². The molecule has 1 aromatic carbocycles. The molecule has 0 amide bonds. The van der Waals surface area contributed by atoms with Crippen molar-refractivity contribution in [2.24, 2.45) is 0 Å². The summed E-state index contributed by atoms with van der Waals surface area (Å²) in [6.07, 6.45) is 0.783. The maximum atomic E-state index is 12.8. The summed E-state index contributed by atoms with van der Waals surface area (Å²) in [5.74, 6) is 0. The van der Waals surface area contributed by atoms with E-state index in [2.05, 4.69) is 5.32 Å². The van der Waals surface area contributed by atoms with E-state index in [1.165, 1.54) is 15.6 Å². The van der Waals surface area contributed by atoms with Crippen LogP contribution in [-0.2, 0) is 23.0 Å². The van der Waals surface area contributed by atoms with Gasteiger partial charge in [-0.05, 0) is 36.7 Å². The van der Waals surface area contributed by atoms with Crippen molar-refractivity contribution >= 4 is 27.0 Å². The third-order valence-electron chi connectivity index (χ3n) is 3.58. The van der Waals surface area contributed by atoms with Gasteiger partial charge < -0.3 is 5.32 Å². The van der Waals surface area contributed by atoms with E-state index in [-0.39, 0.29) is 0 Å². The molecule has 0 aliphatic carbocycles. The molecule has 21 heavy (non-hydrogen) atoms. The van der Waals surface area contributed by atoms with Crippen LogP contribution < -0.4 is 9.62 Å². The first-order valence-electron chi connectivity index (χ1n) is 7.03. The molecular formula is C15H18N2O2S2. The van der Waals surface area contributed by atoms with E-state index in [0.717, 1.165) is 29.1 Å². The molecule has 0 atom stereocenters. The third kappa shape index (κ3) is 2.71. The zero-order valence-corrected chi connectivity index (χ0v) is 13.5. The summed E-state index contributed by atoms with van der Waals surface area (Å²) < 4.78 is 27.6. The van der Waals surface area contributed by atoms with Gasteiger partial charge in [-0.25, -0.2) is 8.42 Å². The average molecular weight is 322 g/mol. The Bertz CT molecular complexity index is 738. The van der Waals surface area contributed by atoms with Crippen LogP contribution in [0.25, 0.3) is 0 Å². The molecule has 2 aromatic rings. The van der Waals surface area contributed by atoms with Gasteiger partial charge in [-0.2, -0.15) is 0 Å². The number of hydrogen-bond donors (Lipinski definition) is 1. The lowest BCUT2D eigenvalue weighted by Gasteiger charge is -2.18. The number of rotatable bonds is 5. The highest BCUT2D eigenvalue weighted by Gasteiger charge is 2.31. The molecule has 0 fully saturated rings. The van der Waals surface area contributed by atoms with Crippen molar-refractivity contribution in [2.45, 2.75) is 24.1 Å². The summed E-state index contributed by atoms with van der Waals surface area (Å²) in [6, 6.07) is 11.3. The molecule has 1 aliphatic heterocycles. The predicted octanol–water partition coefficient (Wildman–Crippen LogP) is 2.61. The van der Waals surface area contributed by atoms with Crippen LogP contribution >= 0.6 is 11.3 Å². The quantitative estimate of drug-likeness (QED) is 0.920. The SMILES string of the molecule is CCNCc1ccc(S(=O)(=O)N2CCc3ccccc32)s1. The summed E-state index contributed by atoms with van der Waals surface area (Å²) in [6.45, 7) is 4.15. The Morgan fingerprint density at radius 3 is 2.86 bits per heavy atom. The topological polar surface area (TPSA) is 49.4 Å². The fraction of sp³-hybridized carbons (Fsp3) is 0.333. The molecule has 0 bridgehead atoms. The molecule has 1 aliphatic rings. The summed E-state index contributed by atoms with van der Waals surface area (Å²) >= 11 is 1.35. The predicted molar refractivity (Wildman–Crippen MR) is 86.4 cm³/mol. The lowest BCUT2D eigenvalue weighted by Crippen LogP contribution is -2.28. The average Bonchev–Trinajstić information content (AvgIpc) is 3.12. The second kappa shape index (κ2) is 5.79. The third-order valence-corrected chi connectivity index (χ3v) is 6.94. The number of thiophene rings is 1. The van der Waals surface area contributed by atoms with Crippen LogP contribution in [0.3, 0.4) is 0 Å². The second-order valence-corrected chi connectivity index (χ2v) is 8.21. The first-order chi connectivity index (χ1) is 10.1. The van der Waals surface area contributed by atoms with E-state index in [1.807, 2.05) is 37.3 Å². The van der Waals surface area contributed by atoms with Crippen molar-refractivity contribution in [3.63, 3.8) is 0 Å². The monoisotopic (exact) mass is 322 g/mol. The van der Waals surface area contributed by atoms with Gasteiger partial charge in [0.25, 0.3) is 10.0 Å². The highest BCUT2D eigenvalue weighted by molar-refractivity contribution is 7.94. The molecule has 0 spiro atoms. The number of hydrogen-bond acceptors (Lipinski definition) is 4. The molecule has 0 unspecified atom stereocenters. The van der Waals surface area contributed by atoms with Crippen LogP contribution in [0.15, 0.2) is 40.6 Å². The lowest BCUT2D eigenvalue weighted by atomic mass is 10.2. The van der Waals surface area contributed by atoms with E-state index in [1.54, 1.807) is 6.07 Å². The number of benzene rings is 1. The first-order valence-corrected chi connectivity index (χ1v) is 9.28. The summed E-state index contributed by atoms with van der Waals surface area (Å²) in [5, 5.41) is 3.22. The van der Waals surface area contributed by atoms with Gasteiger partial charge in [0.05, 0.1) is 5.69 Å². The normalized spacial score (nSPS) is 14.4. The molecule has 4 nitrogen and oxygen atoms in total. The molecule has 1 N–H and O–H groups in total. The highest BCUT2D eigenvalue weighted by atomic mass is 32.2. The number of anilines is 1. The van der Waals surface area contributed by atoms with Gasteiger partial charge in [0.2, 0.25) is 0 Å². The molecule has 3 rings (SSSR count). The number of nitrogens with zero attached hydrogens (tertiary/aromatic N) is 1. The van der Waals surface area contributed by atoms with Crippen molar-refractivity contribution in [3.05, 3.63) is 46.8 Å². The van der Waals surface area contributed by atoms with Crippen molar-refractivity contribution in [2.75, 3.05) is 17.4 Å². The van der Waals surface area contributed by atoms with E-state index in [9.17, 15) is 8.42 Å². The minimum Gasteiger partial charge on any atom is -0.312 e. The van der Waals surface area contributed by atoms with E-state index >= 15 is 0 Å². The molecular weight excluding hydrogens is 304 g/mol. The zero-order valence-electron chi connectivity index (χ0n) is 11.9. The van der Waals surface area contributed by atoms with Crippen molar-refractivity contribution in [1.29, 1.82) is 0 Å². The summed E-state index contributed by atoms with van der Waals surface area (Å²) in [7, 11) is -3.43. The maximum Gasteiger partial charge on any atom is 0.273 e. The minimum absolute atomic E-state index is 0.423. The molecule has 0 radical (unpaired) electrons. The van der Waals surface area contributed by atoms with Gasteiger partial charge >= 0.3 is 0 Å². The number of nitrogens with one attached hydrogen (secondary N) is 1. The van der Waals surface area contributed by atoms with Gasteiger partial charge in [0.1, 0.15) is 4.21 Å². The fourth-order valence-corrected chi connectivity index (χ4v) is 5.45. The van der Waals surface area contributed by atoms with Crippen LogP contribution in [0.2, 0.25) is 0 Å². The molecule has 2 heterocycles. The Kier molecular flexibility index (Phi) is 4.01. The van der Waals surface area contributed by atoms with E-state index in [4.69, 9.17) is 0 Å². The van der Waals surface area contributed by atoms with Crippen LogP contribution in [0, 0.1) is 0 Å². The second-order valence-electron chi connectivity index (χ2n) is 4.96. The molecule has 112 valence electrons. The Labute approximate surface area is 129 Å². The van der Waals surface area contributed by atoms with Crippen molar-refractivity contribution < 1.29 is 8.42 Å². The van der Waals surface area contributed by atoms with E-state index < -0.39 is 10.0 Å². The largest absolute Gasteiger partial charge is 0.312 e. The Balaban J connectivity index is 1.89. The van der Waals surface area contributed by atoms with Crippen molar-refractivity contribution in [1.82, 2.24) is 5.32 Å². The highest BCUT2D eigenvalue weighted by Crippen LogP contribution is 2.34.